The molecule has 170 valence electrons. The average molecular weight is 453 g/mol. The lowest BCUT2D eigenvalue weighted by molar-refractivity contribution is -0.123. The minimum Gasteiger partial charge on any atom is -0.369 e. The molecule has 2 aliphatic rings. The quantitative estimate of drug-likeness (QED) is 0.629. The Labute approximate surface area is 194 Å². The Morgan fingerprint density at radius 1 is 1.06 bits per heavy atom. The number of primary amides is 1. The van der Waals surface area contributed by atoms with Crippen molar-refractivity contribution in [1.82, 2.24) is 9.88 Å². The number of anilines is 1. The summed E-state index contributed by atoms with van der Waals surface area (Å²) in [5.74, 6) is -0.243. The van der Waals surface area contributed by atoms with E-state index in [1.807, 2.05) is 24.3 Å². The molecule has 1 saturated heterocycles. The highest BCUT2D eigenvalue weighted by Crippen LogP contribution is 2.35. The Bertz CT molecular complexity index is 920. The molecular weight excluding hydrogens is 420 g/mol. The van der Waals surface area contributed by atoms with Crippen LogP contribution in [-0.2, 0) is 11.2 Å². The van der Waals surface area contributed by atoms with Crippen molar-refractivity contribution in [3.63, 3.8) is 0 Å². The number of pyridine rings is 1. The maximum atomic E-state index is 12.9. The number of likely N-dealkylation sites (tertiary alicyclic amines) is 1. The van der Waals surface area contributed by atoms with Crippen LogP contribution in [0, 0.1) is 5.92 Å². The first-order valence-corrected chi connectivity index (χ1v) is 12.5. The van der Waals surface area contributed by atoms with Gasteiger partial charge in [-0.3, -0.25) is 9.59 Å². The minimum atomic E-state index is -0.169. The normalized spacial score (nSPS) is 18.0. The van der Waals surface area contributed by atoms with E-state index in [9.17, 15) is 9.59 Å². The molecule has 2 amide bonds. The van der Waals surface area contributed by atoms with Crippen molar-refractivity contribution >= 4 is 29.3 Å². The molecular formula is C25H32N4O2S. The van der Waals surface area contributed by atoms with Gasteiger partial charge in [-0.25, -0.2) is 4.98 Å². The molecule has 1 saturated carbocycles. The van der Waals surface area contributed by atoms with Gasteiger partial charge in [0, 0.05) is 29.6 Å². The number of amides is 2. The first kappa shape index (κ1) is 22.8. The lowest BCUT2D eigenvalue weighted by atomic mass is 9.96. The first-order valence-electron chi connectivity index (χ1n) is 11.6. The summed E-state index contributed by atoms with van der Waals surface area (Å²) in [6, 6.07) is 11.8. The molecule has 2 aromatic rings. The van der Waals surface area contributed by atoms with Crippen LogP contribution in [0.5, 0.6) is 0 Å². The summed E-state index contributed by atoms with van der Waals surface area (Å²) < 4.78 is 0. The molecule has 3 N–H and O–H groups in total. The topological polar surface area (TPSA) is 88.3 Å². The van der Waals surface area contributed by atoms with Crippen LogP contribution in [0.1, 0.15) is 54.4 Å². The molecule has 32 heavy (non-hydrogen) atoms. The number of thioether (sulfide) groups is 1. The molecule has 1 aliphatic heterocycles. The standard InChI is InChI=1S/C25H32N4O2S/c26-23(30)19-12-16-29(17-13-19)15-11-18-7-9-20(10-8-18)28-24(31)22-6-3-14-27-25(22)32-21-4-1-2-5-21/h3,6-10,14,19,21H,1-2,4-5,11-13,15-17H2,(H2,26,30)(H,28,31). The predicted octanol–water partition coefficient (Wildman–Crippen LogP) is 4.11. The van der Waals surface area contributed by atoms with Crippen molar-refractivity contribution in [3.05, 3.63) is 53.7 Å². The summed E-state index contributed by atoms with van der Waals surface area (Å²) >= 11 is 1.74. The van der Waals surface area contributed by atoms with Gasteiger partial charge in [0.05, 0.1) is 5.56 Å². The van der Waals surface area contributed by atoms with Crippen molar-refractivity contribution in [1.29, 1.82) is 0 Å². The maximum Gasteiger partial charge on any atom is 0.258 e. The fourth-order valence-corrected chi connectivity index (χ4v) is 5.80. The summed E-state index contributed by atoms with van der Waals surface area (Å²) in [6.45, 7) is 2.82. The number of carbonyl (C=O) groups excluding carboxylic acids is 2. The minimum absolute atomic E-state index is 0.0334. The summed E-state index contributed by atoms with van der Waals surface area (Å²) in [4.78, 5) is 31.1. The van der Waals surface area contributed by atoms with E-state index in [1.54, 1.807) is 18.0 Å². The molecule has 4 rings (SSSR count). The Morgan fingerprint density at radius 3 is 2.47 bits per heavy atom. The van der Waals surface area contributed by atoms with Crippen LogP contribution < -0.4 is 11.1 Å². The zero-order chi connectivity index (χ0) is 22.3. The van der Waals surface area contributed by atoms with Crippen LogP contribution in [-0.4, -0.2) is 46.6 Å². The van der Waals surface area contributed by atoms with Crippen LogP contribution in [0.25, 0.3) is 0 Å². The molecule has 0 spiro atoms. The van der Waals surface area contributed by atoms with E-state index >= 15 is 0 Å². The van der Waals surface area contributed by atoms with E-state index in [1.165, 1.54) is 31.2 Å². The second-order valence-electron chi connectivity index (χ2n) is 8.80. The summed E-state index contributed by atoms with van der Waals surface area (Å²) in [5.41, 5.74) is 8.09. The van der Waals surface area contributed by atoms with Gasteiger partial charge in [-0.1, -0.05) is 25.0 Å². The van der Waals surface area contributed by atoms with E-state index in [2.05, 4.69) is 27.3 Å². The highest BCUT2D eigenvalue weighted by Gasteiger charge is 2.23. The molecule has 0 radical (unpaired) electrons. The zero-order valence-corrected chi connectivity index (χ0v) is 19.3. The van der Waals surface area contributed by atoms with Crippen LogP contribution in [0.3, 0.4) is 0 Å². The Hall–Kier alpha value is -2.38. The van der Waals surface area contributed by atoms with Gasteiger partial charge in [0.15, 0.2) is 0 Å². The van der Waals surface area contributed by atoms with Crippen LogP contribution in [0.15, 0.2) is 47.6 Å². The van der Waals surface area contributed by atoms with E-state index in [0.717, 1.165) is 49.6 Å². The number of nitrogens with one attached hydrogen (secondary N) is 1. The van der Waals surface area contributed by atoms with Crippen molar-refractivity contribution in [2.24, 2.45) is 11.7 Å². The third kappa shape index (κ3) is 6.11. The number of hydrogen-bond acceptors (Lipinski definition) is 5. The molecule has 2 heterocycles. The first-order chi connectivity index (χ1) is 15.6. The van der Waals surface area contributed by atoms with Crippen LogP contribution in [0.2, 0.25) is 0 Å². The molecule has 0 atom stereocenters. The second-order valence-corrected chi connectivity index (χ2v) is 10.1. The number of aromatic nitrogens is 1. The number of benzene rings is 1. The lowest BCUT2D eigenvalue weighted by Crippen LogP contribution is -2.39. The Balaban J connectivity index is 1.28. The van der Waals surface area contributed by atoms with Crippen LogP contribution >= 0.6 is 11.8 Å². The van der Waals surface area contributed by atoms with E-state index in [4.69, 9.17) is 5.73 Å². The summed E-state index contributed by atoms with van der Waals surface area (Å²) in [5, 5.41) is 4.42. The molecule has 7 heteroatoms. The Kier molecular flexibility index (Phi) is 7.81. The zero-order valence-electron chi connectivity index (χ0n) is 18.5. The van der Waals surface area contributed by atoms with Gasteiger partial charge in [-0.15, -0.1) is 11.8 Å². The largest absolute Gasteiger partial charge is 0.369 e. The van der Waals surface area contributed by atoms with Crippen molar-refractivity contribution < 1.29 is 9.59 Å². The van der Waals surface area contributed by atoms with Gasteiger partial charge in [-0.2, -0.15) is 0 Å². The lowest BCUT2D eigenvalue weighted by Gasteiger charge is -2.30. The second kappa shape index (κ2) is 11.0. The van der Waals surface area contributed by atoms with E-state index in [0.29, 0.717) is 10.8 Å². The van der Waals surface area contributed by atoms with Gasteiger partial charge < -0.3 is 16.0 Å². The number of piperidine rings is 1. The molecule has 1 aliphatic carbocycles. The van der Waals surface area contributed by atoms with Gasteiger partial charge >= 0.3 is 0 Å². The smallest absolute Gasteiger partial charge is 0.258 e. The molecule has 0 bridgehead atoms. The number of nitrogens with zero attached hydrogens (tertiary/aromatic N) is 2. The van der Waals surface area contributed by atoms with Crippen molar-refractivity contribution in [2.75, 3.05) is 25.0 Å². The van der Waals surface area contributed by atoms with E-state index < -0.39 is 0 Å². The van der Waals surface area contributed by atoms with Gasteiger partial charge in [-0.05, 0) is 75.0 Å². The number of rotatable bonds is 8. The third-order valence-electron chi connectivity index (χ3n) is 6.51. The van der Waals surface area contributed by atoms with Crippen LogP contribution in [0.4, 0.5) is 5.69 Å². The molecule has 0 unspecified atom stereocenters. The average Bonchev–Trinajstić information content (AvgIpc) is 3.32. The predicted molar refractivity (Wildman–Crippen MR) is 129 cm³/mol. The SMILES string of the molecule is NC(=O)C1CCN(CCc2ccc(NC(=O)c3cccnc3SC3CCCC3)cc2)CC1. The maximum absolute atomic E-state index is 12.9. The van der Waals surface area contributed by atoms with Crippen molar-refractivity contribution in [3.8, 4) is 0 Å². The van der Waals surface area contributed by atoms with Gasteiger partial charge in [0.1, 0.15) is 5.03 Å². The number of hydrogen-bond donors (Lipinski definition) is 2. The highest BCUT2D eigenvalue weighted by molar-refractivity contribution is 7.99. The molecule has 6 nitrogen and oxygen atoms in total. The highest BCUT2D eigenvalue weighted by atomic mass is 32.2. The van der Waals surface area contributed by atoms with E-state index in [-0.39, 0.29) is 17.7 Å². The molecule has 1 aromatic heterocycles. The molecule has 2 fully saturated rings. The third-order valence-corrected chi connectivity index (χ3v) is 7.87. The van der Waals surface area contributed by atoms with Gasteiger partial charge in [0.2, 0.25) is 5.91 Å². The number of nitrogens with two attached hydrogens (primary N) is 1. The fraction of sp³-hybridized carbons (Fsp3) is 0.480. The Morgan fingerprint density at radius 2 is 1.78 bits per heavy atom. The molecule has 1 aromatic carbocycles. The fourth-order valence-electron chi connectivity index (χ4n) is 4.50. The van der Waals surface area contributed by atoms with Crippen molar-refractivity contribution in [2.45, 2.75) is 55.2 Å². The monoisotopic (exact) mass is 452 g/mol. The summed E-state index contributed by atoms with van der Waals surface area (Å²) in [6.07, 6.45) is 9.36. The van der Waals surface area contributed by atoms with Gasteiger partial charge in [0.25, 0.3) is 5.91 Å². The summed E-state index contributed by atoms with van der Waals surface area (Å²) in [7, 11) is 0. The number of carbonyl (C=O) groups is 2.